The van der Waals surface area contributed by atoms with Gasteiger partial charge in [-0.3, -0.25) is 4.90 Å². The van der Waals surface area contributed by atoms with Crippen LogP contribution < -0.4 is 19.9 Å². The highest BCUT2D eigenvalue weighted by molar-refractivity contribution is 6.33. The molecule has 3 N–H and O–H groups in total. The number of aliphatic hydroxyl groups is 2. The zero-order chi connectivity index (χ0) is 27.0. The van der Waals surface area contributed by atoms with Crippen molar-refractivity contribution in [2.24, 2.45) is 0 Å². The average molecular weight is 551 g/mol. The first-order chi connectivity index (χ1) is 18.1. The second-order valence-electron chi connectivity index (χ2n) is 8.83. The molecule has 2 aliphatic heterocycles. The summed E-state index contributed by atoms with van der Waals surface area (Å²) >= 11 is 6.48. The van der Waals surface area contributed by atoms with Gasteiger partial charge in [0.25, 0.3) is 0 Å². The van der Waals surface area contributed by atoms with Crippen LogP contribution in [0.1, 0.15) is 12.0 Å². The maximum atomic E-state index is 13.4. The van der Waals surface area contributed by atoms with Crippen LogP contribution >= 0.6 is 11.6 Å². The van der Waals surface area contributed by atoms with E-state index in [4.69, 9.17) is 21.4 Å². The van der Waals surface area contributed by atoms with Gasteiger partial charge in [-0.05, 0) is 24.6 Å². The van der Waals surface area contributed by atoms with Crippen molar-refractivity contribution < 1.29 is 32.9 Å². The Morgan fingerprint density at radius 2 is 2.03 bits per heavy atom. The first-order valence-corrected chi connectivity index (χ1v) is 12.0. The van der Waals surface area contributed by atoms with Crippen LogP contribution in [0.3, 0.4) is 0 Å². The number of urea groups is 1. The maximum Gasteiger partial charge on any atom is 0.416 e. The molecule has 0 spiro atoms. The lowest BCUT2D eigenvalue weighted by molar-refractivity contribution is -0.137. The summed E-state index contributed by atoms with van der Waals surface area (Å²) in [5, 5.41) is 21.1. The highest BCUT2D eigenvalue weighted by atomic mass is 35.5. The Labute approximate surface area is 219 Å². The maximum absolute atomic E-state index is 13.4. The Hall–Kier alpha value is -3.68. The summed E-state index contributed by atoms with van der Waals surface area (Å²) in [5.41, 5.74) is 0.349. The molecule has 2 aromatic heterocycles. The molecule has 0 aliphatic carbocycles. The van der Waals surface area contributed by atoms with Crippen molar-refractivity contribution in [2.45, 2.75) is 24.7 Å². The molecule has 2 bridgehead atoms. The summed E-state index contributed by atoms with van der Waals surface area (Å²) in [4.78, 5) is 29.5. The van der Waals surface area contributed by atoms with Crippen LogP contribution in [-0.4, -0.2) is 69.6 Å². The van der Waals surface area contributed by atoms with Crippen LogP contribution in [0.2, 0.25) is 5.02 Å². The van der Waals surface area contributed by atoms with Gasteiger partial charge in [0, 0.05) is 18.7 Å². The highest BCUT2D eigenvalue weighted by Crippen LogP contribution is 2.43. The number of benzene rings is 1. The standard InChI is InChI=1S/C24H22ClF3N6O4/c25-18-7-19-21(32-20(18)13-2-1-3-14(6-13)24(26,27)28)34(16-4-5-33(19)10-16)23(37)31-15-8-29-22(30-9-15)38-12-17(36)11-35/h1-3,6-9,16-17,35-36H,4-5,10-12H2,(H,31,37)/t16-,17-/m0/s1. The Morgan fingerprint density at radius 1 is 1.26 bits per heavy atom. The fourth-order valence-electron chi connectivity index (χ4n) is 4.39. The van der Waals surface area contributed by atoms with Crippen LogP contribution in [0.5, 0.6) is 6.01 Å². The number of hydrogen-bond donors (Lipinski definition) is 3. The second kappa shape index (κ2) is 10.2. The third-order valence-corrected chi connectivity index (χ3v) is 6.50. The van der Waals surface area contributed by atoms with Crippen molar-refractivity contribution in [1.82, 2.24) is 15.0 Å². The molecule has 10 nitrogen and oxygen atoms in total. The summed E-state index contributed by atoms with van der Waals surface area (Å²) in [5.74, 6) is 0.284. The number of hydrogen-bond acceptors (Lipinski definition) is 8. The van der Waals surface area contributed by atoms with Crippen LogP contribution in [0.15, 0.2) is 42.7 Å². The Bertz CT molecular complexity index is 1340. The predicted molar refractivity (Wildman–Crippen MR) is 132 cm³/mol. The number of alkyl halides is 3. The van der Waals surface area contributed by atoms with Crippen molar-refractivity contribution in [1.29, 1.82) is 0 Å². The molecule has 2 aliphatic rings. The second-order valence-corrected chi connectivity index (χ2v) is 9.24. The number of carbonyl (C=O) groups is 1. The average Bonchev–Trinajstić information content (AvgIpc) is 3.32. The van der Waals surface area contributed by atoms with Gasteiger partial charge in [0.2, 0.25) is 0 Å². The van der Waals surface area contributed by atoms with Gasteiger partial charge >= 0.3 is 18.2 Å². The van der Waals surface area contributed by atoms with Crippen LogP contribution in [0.4, 0.5) is 35.2 Å². The van der Waals surface area contributed by atoms with E-state index in [0.717, 1.165) is 12.1 Å². The van der Waals surface area contributed by atoms with E-state index in [1.807, 2.05) is 4.90 Å². The van der Waals surface area contributed by atoms with Crippen molar-refractivity contribution in [3.8, 4) is 17.3 Å². The first kappa shape index (κ1) is 25.9. The molecular formula is C24H22ClF3N6O4. The van der Waals surface area contributed by atoms with Crippen LogP contribution in [-0.2, 0) is 6.18 Å². The summed E-state index contributed by atoms with van der Waals surface area (Å²) in [7, 11) is 0. The van der Waals surface area contributed by atoms with Gasteiger partial charge in [-0.2, -0.15) is 13.2 Å². The van der Waals surface area contributed by atoms with E-state index in [0.29, 0.717) is 25.2 Å². The summed E-state index contributed by atoms with van der Waals surface area (Å²) in [6, 6.07) is 5.55. The smallest absolute Gasteiger partial charge is 0.416 e. The number of pyridine rings is 1. The van der Waals surface area contributed by atoms with E-state index < -0.39 is 30.5 Å². The Balaban J connectivity index is 1.43. The quantitative estimate of drug-likeness (QED) is 0.425. The van der Waals surface area contributed by atoms with Gasteiger partial charge in [0.15, 0.2) is 5.82 Å². The molecule has 5 rings (SSSR count). The number of aliphatic hydroxyl groups excluding tert-OH is 2. The Morgan fingerprint density at radius 3 is 2.74 bits per heavy atom. The number of nitrogens with one attached hydrogen (secondary N) is 1. The molecule has 1 fully saturated rings. The van der Waals surface area contributed by atoms with Crippen LogP contribution in [0.25, 0.3) is 11.3 Å². The SMILES string of the molecule is O=C(Nc1cnc(OC[C@@H](O)CO)nc1)N1c2nc(-c3cccc(C(F)(F)F)c3)c(Cl)cc2N2CC[C@H]1C2. The molecule has 3 aromatic rings. The topological polar surface area (TPSA) is 124 Å². The van der Waals surface area contributed by atoms with Gasteiger partial charge in [0.1, 0.15) is 12.7 Å². The number of fused-ring (bicyclic) bond motifs is 4. The number of amides is 2. The zero-order valence-corrected chi connectivity index (χ0v) is 20.4. The normalized spacial score (nSPS) is 17.3. The minimum atomic E-state index is -4.53. The van der Waals surface area contributed by atoms with E-state index in [1.165, 1.54) is 29.4 Å². The molecule has 4 heterocycles. The van der Waals surface area contributed by atoms with Gasteiger partial charge in [-0.25, -0.2) is 19.7 Å². The minimum Gasteiger partial charge on any atom is -0.461 e. The predicted octanol–water partition coefficient (Wildman–Crippen LogP) is 3.57. The third-order valence-electron chi connectivity index (χ3n) is 6.21. The fourth-order valence-corrected chi connectivity index (χ4v) is 4.65. The number of rotatable bonds is 6. The number of halogens is 4. The van der Waals surface area contributed by atoms with Gasteiger partial charge in [0.05, 0.1) is 52.7 Å². The summed E-state index contributed by atoms with van der Waals surface area (Å²) < 4.78 is 45.1. The molecule has 14 heteroatoms. The van der Waals surface area contributed by atoms with Crippen molar-refractivity contribution >= 4 is 34.8 Å². The van der Waals surface area contributed by atoms with E-state index in [1.54, 1.807) is 6.07 Å². The zero-order valence-electron chi connectivity index (χ0n) is 19.7. The molecule has 0 saturated carbocycles. The molecular weight excluding hydrogens is 529 g/mol. The Kier molecular flexibility index (Phi) is 6.99. The lowest BCUT2D eigenvalue weighted by Gasteiger charge is -2.36. The van der Waals surface area contributed by atoms with Crippen molar-refractivity contribution in [2.75, 3.05) is 41.4 Å². The summed E-state index contributed by atoms with van der Waals surface area (Å²) in [6.07, 6.45) is -2.31. The molecule has 38 heavy (non-hydrogen) atoms. The number of anilines is 3. The largest absolute Gasteiger partial charge is 0.461 e. The van der Waals surface area contributed by atoms with E-state index >= 15 is 0 Å². The summed E-state index contributed by atoms with van der Waals surface area (Å²) in [6.45, 7) is 0.543. The molecule has 200 valence electrons. The van der Waals surface area contributed by atoms with Gasteiger partial charge in [-0.1, -0.05) is 23.7 Å². The van der Waals surface area contributed by atoms with E-state index in [2.05, 4.69) is 20.3 Å². The van der Waals surface area contributed by atoms with Crippen molar-refractivity contribution in [3.05, 3.63) is 53.3 Å². The number of carbonyl (C=O) groups excluding carboxylic acids is 1. The molecule has 2 atom stereocenters. The molecule has 2 amide bonds. The lowest BCUT2D eigenvalue weighted by atomic mass is 10.1. The van der Waals surface area contributed by atoms with Crippen molar-refractivity contribution in [3.63, 3.8) is 0 Å². The third kappa shape index (κ3) is 5.17. The molecule has 0 radical (unpaired) electrons. The number of aromatic nitrogens is 3. The minimum absolute atomic E-state index is 0.0488. The lowest BCUT2D eigenvalue weighted by Crippen LogP contribution is -2.48. The first-order valence-electron chi connectivity index (χ1n) is 11.6. The van der Waals surface area contributed by atoms with Crippen LogP contribution in [0, 0.1) is 0 Å². The molecule has 0 unspecified atom stereocenters. The molecule has 1 saturated heterocycles. The fraction of sp³-hybridized carbons (Fsp3) is 0.333. The monoisotopic (exact) mass is 550 g/mol. The number of ether oxygens (including phenoxy) is 1. The highest BCUT2D eigenvalue weighted by Gasteiger charge is 2.41. The van der Waals surface area contributed by atoms with E-state index in [-0.39, 0.29) is 46.4 Å². The molecule has 1 aromatic carbocycles. The van der Waals surface area contributed by atoms with Gasteiger partial charge < -0.3 is 25.2 Å². The van der Waals surface area contributed by atoms with E-state index in [9.17, 15) is 23.1 Å². The van der Waals surface area contributed by atoms with Gasteiger partial charge in [-0.15, -0.1) is 0 Å². The number of nitrogens with zero attached hydrogens (tertiary/aromatic N) is 5.